The number of hydrogen-bond acceptors (Lipinski definition) is 7. The summed E-state index contributed by atoms with van der Waals surface area (Å²) in [5.74, 6) is -1.85. The van der Waals surface area contributed by atoms with Crippen LogP contribution in [0.3, 0.4) is 0 Å². The predicted molar refractivity (Wildman–Crippen MR) is 208 cm³/mol. The molecular formula is C44H65F2N5O4. The van der Waals surface area contributed by atoms with Gasteiger partial charge in [-0.05, 0) is 96.2 Å². The third kappa shape index (κ3) is 5.65. The summed E-state index contributed by atoms with van der Waals surface area (Å²) >= 11 is 0. The van der Waals surface area contributed by atoms with E-state index in [1.807, 2.05) is 6.92 Å². The Morgan fingerprint density at radius 2 is 1.73 bits per heavy atom. The van der Waals surface area contributed by atoms with Crippen LogP contribution in [0.15, 0.2) is 30.4 Å². The second-order valence-corrected chi connectivity index (χ2v) is 21.1. The van der Waals surface area contributed by atoms with Crippen LogP contribution in [0.25, 0.3) is 11.4 Å². The molecule has 0 unspecified atom stereocenters. The van der Waals surface area contributed by atoms with Gasteiger partial charge in [0, 0.05) is 11.0 Å². The highest BCUT2D eigenvalue weighted by Gasteiger charge is 2.73. The second kappa shape index (κ2) is 13.1. The van der Waals surface area contributed by atoms with Gasteiger partial charge in [-0.3, -0.25) is 9.78 Å². The number of nitrogens with zero attached hydrogens (tertiary/aromatic N) is 4. The average Bonchev–Trinajstić information content (AvgIpc) is 3.56. The van der Waals surface area contributed by atoms with Gasteiger partial charge in [0.05, 0.1) is 55.8 Å². The summed E-state index contributed by atoms with van der Waals surface area (Å²) in [6.45, 7) is 25.4. The number of nitrogens with two attached hydrogens (primary N) is 1. The molecule has 11 heteroatoms. The maximum Gasteiger partial charge on any atom is 0.307 e. The Labute approximate surface area is 326 Å². The summed E-state index contributed by atoms with van der Waals surface area (Å²) in [6, 6.07) is -0.459. The van der Waals surface area contributed by atoms with Crippen molar-refractivity contribution in [1.29, 1.82) is 0 Å². The lowest BCUT2D eigenvalue weighted by Crippen LogP contribution is -2.70. The first kappa shape index (κ1) is 40.4. The van der Waals surface area contributed by atoms with Gasteiger partial charge in [0.1, 0.15) is 6.33 Å². The molecule has 1 saturated heterocycles. The van der Waals surface area contributed by atoms with Crippen molar-refractivity contribution in [3.8, 4) is 11.4 Å². The molecule has 0 spiro atoms. The van der Waals surface area contributed by atoms with E-state index in [1.165, 1.54) is 11.9 Å². The lowest BCUT2D eigenvalue weighted by Gasteiger charge is -2.71. The first-order valence-electron chi connectivity index (χ1n) is 20.6. The summed E-state index contributed by atoms with van der Waals surface area (Å²) in [7, 11) is 0. The van der Waals surface area contributed by atoms with Crippen molar-refractivity contribution in [3.63, 3.8) is 0 Å². The maximum absolute atomic E-state index is 15.5. The molecule has 12 atom stereocenters. The molecule has 4 fully saturated rings. The number of ether oxygens (including phenoxy) is 2. The van der Waals surface area contributed by atoms with Gasteiger partial charge in [-0.25, -0.2) is 18.4 Å². The van der Waals surface area contributed by atoms with E-state index in [2.05, 4.69) is 85.3 Å². The highest BCUT2D eigenvalue weighted by Crippen LogP contribution is 2.75. The minimum Gasteiger partial charge on any atom is -0.481 e. The molecule has 2 aromatic heterocycles. The van der Waals surface area contributed by atoms with Crippen LogP contribution in [-0.2, 0) is 14.3 Å². The predicted octanol–water partition coefficient (Wildman–Crippen LogP) is 8.90. The van der Waals surface area contributed by atoms with Gasteiger partial charge < -0.3 is 20.3 Å². The number of aromatic nitrogens is 4. The molecule has 0 amide bonds. The zero-order chi connectivity index (χ0) is 40.3. The Balaban J connectivity index is 1.42. The van der Waals surface area contributed by atoms with E-state index in [9.17, 15) is 9.90 Å². The Kier molecular flexibility index (Phi) is 9.65. The first-order chi connectivity index (χ1) is 25.5. The van der Waals surface area contributed by atoms with E-state index in [0.717, 1.165) is 38.1 Å². The lowest BCUT2D eigenvalue weighted by atomic mass is 9.34. The fourth-order valence-corrected chi connectivity index (χ4v) is 12.9. The van der Waals surface area contributed by atoms with Crippen molar-refractivity contribution < 1.29 is 28.2 Å². The van der Waals surface area contributed by atoms with Gasteiger partial charge in [0.25, 0.3) is 0 Å². The van der Waals surface area contributed by atoms with Crippen molar-refractivity contribution in [2.24, 2.45) is 67.8 Å². The lowest BCUT2D eigenvalue weighted by molar-refractivity contribution is -0.255. The van der Waals surface area contributed by atoms with Crippen molar-refractivity contribution in [3.05, 3.63) is 42.0 Å². The van der Waals surface area contributed by atoms with Gasteiger partial charge >= 0.3 is 5.97 Å². The van der Waals surface area contributed by atoms with E-state index in [0.29, 0.717) is 32.0 Å². The Morgan fingerprint density at radius 3 is 2.35 bits per heavy atom. The average molecular weight is 766 g/mol. The number of pyridine rings is 1. The van der Waals surface area contributed by atoms with Crippen molar-refractivity contribution >= 4 is 5.97 Å². The van der Waals surface area contributed by atoms with Gasteiger partial charge in [0.2, 0.25) is 0 Å². The quantitative estimate of drug-likeness (QED) is 0.256. The number of hydrogen-bond donors (Lipinski definition) is 2. The normalized spacial score (nSPS) is 40.3. The highest BCUT2D eigenvalue weighted by atomic mass is 19.1. The molecule has 3 N–H and O–H groups in total. The zero-order valence-electron chi connectivity index (χ0n) is 35.0. The molecule has 2 aromatic rings. The Bertz CT molecular complexity index is 1840. The smallest absolute Gasteiger partial charge is 0.307 e. The van der Waals surface area contributed by atoms with Crippen LogP contribution in [0.1, 0.15) is 121 Å². The van der Waals surface area contributed by atoms with Gasteiger partial charge in [-0.15, -0.1) is 0 Å². The van der Waals surface area contributed by atoms with Crippen LogP contribution in [0.5, 0.6) is 0 Å². The molecule has 5 aliphatic rings. The fraction of sp³-hybridized carbons (Fsp3) is 0.773. The van der Waals surface area contributed by atoms with E-state index in [4.69, 9.17) is 20.3 Å². The number of halogens is 2. The third-order valence-corrected chi connectivity index (χ3v) is 17.3. The third-order valence-electron chi connectivity index (χ3n) is 17.3. The number of carboxylic acid groups (broad SMARTS) is 1. The molecule has 1 aliphatic heterocycles. The summed E-state index contributed by atoms with van der Waals surface area (Å²) in [4.78, 5) is 21.8. The molecule has 55 heavy (non-hydrogen) atoms. The number of carbonyl (C=O) groups is 1. The summed E-state index contributed by atoms with van der Waals surface area (Å²) in [5.41, 5.74) is 4.98. The molecule has 3 saturated carbocycles. The zero-order valence-corrected chi connectivity index (χ0v) is 35.0. The van der Waals surface area contributed by atoms with Crippen LogP contribution in [-0.4, -0.2) is 62.3 Å². The number of carboxylic acids is 1. The fourth-order valence-electron chi connectivity index (χ4n) is 12.9. The summed E-state index contributed by atoms with van der Waals surface area (Å²) in [5, 5.41) is 15.9. The minimum atomic E-state index is -0.806. The Morgan fingerprint density at radius 1 is 1.05 bits per heavy atom. The Hall–Kier alpha value is -2.76. The minimum absolute atomic E-state index is 0.0937. The van der Waals surface area contributed by atoms with Crippen LogP contribution in [0, 0.1) is 73.7 Å². The van der Waals surface area contributed by atoms with Crippen LogP contribution >= 0.6 is 0 Å². The van der Waals surface area contributed by atoms with Gasteiger partial charge in [-0.1, -0.05) is 80.9 Å². The van der Waals surface area contributed by atoms with Crippen molar-refractivity contribution in [2.75, 3.05) is 19.8 Å². The maximum atomic E-state index is 15.5. The first-order valence-corrected chi connectivity index (χ1v) is 20.6. The molecule has 0 radical (unpaired) electrons. The molecule has 3 heterocycles. The summed E-state index contributed by atoms with van der Waals surface area (Å²) < 4.78 is 46.6. The number of fused-ring (bicyclic) bond motifs is 3. The molecule has 4 aliphatic carbocycles. The van der Waals surface area contributed by atoms with Crippen LogP contribution in [0.4, 0.5) is 8.78 Å². The SMILES string of the molecule is CC(C)[C@@H](C)[C@@]1(C)CC[C@]2(C)[C@H]3CC[C@@H]4[C@@]5(C)COC[C@@]4(C3=CC[C@@]2(C)[C@@H]1C(=O)O)[C@@H](OC[C@](C)(N)C(C)(C)C)[C@H](n1ncnc1-c1c(F)cncc1F)C5. The van der Waals surface area contributed by atoms with Gasteiger partial charge in [0.15, 0.2) is 17.5 Å². The topological polar surface area (TPSA) is 125 Å². The second-order valence-electron chi connectivity index (χ2n) is 21.1. The van der Waals surface area contributed by atoms with Crippen LogP contribution < -0.4 is 5.73 Å². The largest absolute Gasteiger partial charge is 0.481 e. The van der Waals surface area contributed by atoms with E-state index in [1.54, 1.807) is 4.68 Å². The molecule has 7 rings (SSSR count). The van der Waals surface area contributed by atoms with Crippen molar-refractivity contribution in [2.45, 2.75) is 132 Å². The number of allylic oxidation sites excluding steroid dienone is 1. The van der Waals surface area contributed by atoms with E-state index >= 15 is 8.78 Å². The molecule has 9 nitrogen and oxygen atoms in total. The molecule has 0 aromatic carbocycles. The molecular weight excluding hydrogens is 701 g/mol. The molecule has 2 bridgehead atoms. The van der Waals surface area contributed by atoms with Crippen LogP contribution in [0.2, 0.25) is 0 Å². The monoisotopic (exact) mass is 766 g/mol. The number of rotatable bonds is 8. The highest BCUT2D eigenvalue weighted by molar-refractivity contribution is 5.73. The number of aliphatic carboxylic acids is 1. The van der Waals surface area contributed by atoms with E-state index in [-0.39, 0.29) is 57.4 Å². The standard InChI is InChI=1S/C44H65F2N5O4/c1-25(2)26(3)40(8)16-17-41(9)27-12-13-32-39(7)18-31(51-36(49-24-50-51)33-29(45)19-48-20-30(33)46)35(55-22-43(11,47)38(4,5)6)44(32,23-54-21-39)28(27)14-15-42(41,10)34(40)37(52)53/h14,19-20,24-27,31-32,34-35H,12-13,15-18,21-23,47H2,1-11H3,(H,52,53)/t26-,27+,31-,32-,34-,35+,39-,40-,41-,42+,43+,44+/m1/s1. The molecule has 304 valence electrons. The van der Waals surface area contributed by atoms with Gasteiger partial charge in [-0.2, -0.15) is 5.10 Å². The summed E-state index contributed by atoms with van der Waals surface area (Å²) in [6.07, 6.45) is 10.1. The van der Waals surface area contributed by atoms with E-state index < -0.39 is 52.0 Å². The van der Waals surface area contributed by atoms with Crippen molar-refractivity contribution in [1.82, 2.24) is 19.7 Å².